The van der Waals surface area contributed by atoms with Gasteiger partial charge < -0.3 is 5.32 Å². The van der Waals surface area contributed by atoms with E-state index in [1.54, 1.807) is 18.2 Å². The molecule has 0 aliphatic rings. The first kappa shape index (κ1) is 15.1. The predicted molar refractivity (Wildman–Crippen MR) is 91.2 cm³/mol. The van der Waals surface area contributed by atoms with Crippen molar-refractivity contribution in [3.05, 3.63) is 49.9 Å². The van der Waals surface area contributed by atoms with Crippen molar-refractivity contribution in [2.75, 3.05) is 5.32 Å². The summed E-state index contributed by atoms with van der Waals surface area (Å²) in [7, 11) is 0. The third-order valence-electron chi connectivity index (χ3n) is 2.90. The van der Waals surface area contributed by atoms with Crippen molar-refractivity contribution in [1.29, 1.82) is 0 Å². The summed E-state index contributed by atoms with van der Waals surface area (Å²) < 4.78 is 8.40. The van der Waals surface area contributed by atoms with Gasteiger partial charge in [0.1, 0.15) is 11.0 Å². The molecule has 0 spiro atoms. The van der Waals surface area contributed by atoms with Crippen LogP contribution < -0.4 is 5.32 Å². The van der Waals surface area contributed by atoms with Crippen LogP contribution in [0, 0.1) is 0 Å². The van der Waals surface area contributed by atoms with Crippen molar-refractivity contribution in [1.82, 2.24) is 8.75 Å². The number of aromatic nitrogens is 2. The van der Waals surface area contributed by atoms with Gasteiger partial charge in [0, 0.05) is 6.54 Å². The highest BCUT2D eigenvalue weighted by atomic mass is 35.5. The van der Waals surface area contributed by atoms with E-state index in [9.17, 15) is 0 Å². The lowest BCUT2D eigenvalue weighted by Crippen LogP contribution is -2.01. The molecule has 1 heterocycles. The van der Waals surface area contributed by atoms with Gasteiger partial charge in [-0.2, -0.15) is 8.75 Å². The molecule has 0 aliphatic heterocycles. The maximum atomic E-state index is 6.23. The van der Waals surface area contributed by atoms with Gasteiger partial charge in [0.15, 0.2) is 0 Å². The number of halogens is 4. The maximum Gasteiger partial charge on any atom is 0.130 e. The molecule has 3 rings (SSSR count). The molecule has 1 N–H and O–H groups in total. The van der Waals surface area contributed by atoms with E-state index in [0.29, 0.717) is 43.4 Å². The van der Waals surface area contributed by atoms with E-state index in [1.807, 2.05) is 6.07 Å². The van der Waals surface area contributed by atoms with Crippen LogP contribution in [0.2, 0.25) is 20.1 Å². The maximum absolute atomic E-state index is 6.23. The van der Waals surface area contributed by atoms with Gasteiger partial charge in [0.25, 0.3) is 0 Å². The highest BCUT2D eigenvalue weighted by Crippen LogP contribution is 2.35. The molecule has 3 aromatic rings. The highest BCUT2D eigenvalue weighted by Gasteiger charge is 2.13. The van der Waals surface area contributed by atoms with Crippen molar-refractivity contribution < 1.29 is 0 Å². The van der Waals surface area contributed by atoms with E-state index in [4.69, 9.17) is 46.4 Å². The Bertz CT molecular complexity index is 819. The molecule has 0 amide bonds. The van der Waals surface area contributed by atoms with Crippen LogP contribution in [0.15, 0.2) is 24.3 Å². The van der Waals surface area contributed by atoms with Crippen molar-refractivity contribution in [3.8, 4) is 0 Å². The fourth-order valence-electron chi connectivity index (χ4n) is 1.88. The predicted octanol–water partition coefficient (Wildman–Crippen LogP) is 5.92. The molecule has 3 nitrogen and oxygen atoms in total. The van der Waals surface area contributed by atoms with Gasteiger partial charge in [0.2, 0.25) is 0 Å². The average Bonchev–Trinajstić information content (AvgIpc) is 2.92. The Kier molecular flexibility index (Phi) is 4.43. The standard InChI is InChI=1S/C13H7Cl4N3S/c14-7-2-1-6(3-8(7)15)5-18-11-9(16)4-10(17)12-13(11)20-21-19-12/h1-4,18H,5H2. The summed E-state index contributed by atoms with van der Waals surface area (Å²) >= 11 is 25.3. The van der Waals surface area contributed by atoms with Crippen LogP contribution in [-0.4, -0.2) is 8.75 Å². The molecule has 0 unspecified atom stereocenters. The van der Waals surface area contributed by atoms with Gasteiger partial charge in [-0.05, 0) is 23.8 Å². The molecule has 2 aromatic carbocycles. The second-order valence-corrected chi connectivity index (χ2v) is 6.44. The van der Waals surface area contributed by atoms with E-state index in [2.05, 4.69) is 14.1 Å². The topological polar surface area (TPSA) is 37.8 Å². The highest BCUT2D eigenvalue weighted by molar-refractivity contribution is 7.00. The van der Waals surface area contributed by atoms with E-state index in [-0.39, 0.29) is 0 Å². The Labute approximate surface area is 145 Å². The second kappa shape index (κ2) is 6.15. The Morgan fingerprint density at radius 3 is 2.38 bits per heavy atom. The zero-order chi connectivity index (χ0) is 15.0. The summed E-state index contributed by atoms with van der Waals surface area (Å²) in [4.78, 5) is 0. The van der Waals surface area contributed by atoms with Gasteiger partial charge >= 0.3 is 0 Å². The molecule has 8 heteroatoms. The molecule has 21 heavy (non-hydrogen) atoms. The molecule has 0 bridgehead atoms. The molecule has 0 fully saturated rings. The fourth-order valence-corrected chi connectivity index (χ4v) is 3.38. The van der Waals surface area contributed by atoms with Crippen LogP contribution in [0.3, 0.4) is 0 Å². The van der Waals surface area contributed by atoms with E-state index in [1.165, 1.54) is 0 Å². The molecule has 0 radical (unpaired) electrons. The van der Waals surface area contributed by atoms with Crippen molar-refractivity contribution in [3.63, 3.8) is 0 Å². The number of anilines is 1. The zero-order valence-corrected chi connectivity index (χ0v) is 14.2. The minimum Gasteiger partial charge on any atom is -0.378 e. The second-order valence-electron chi connectivity index (χ2n) is 4.28. The molecular formula is C13H7Cl4N3S. The van der Waals surface area contributed by atoms with Crippen molar-refractivity contribution >= 4 is 74.9 Å². The Balaban J connectivity index is 1.91. The van der Waals surface area contributed by atoms with Gasteiger partial charge in [-0.25, -0.2) is 0 Å². The Hall–Kier alpha value is -0.780. The van der Waals surface area contributed by atoms with Gasteiger partial charge in [0.05, 0.1) is 37.5 Å². The Morgan fingerprint density at radius 1 is 0.857 bits per heavy atom. The minimum absolute atomic E-state index is 0.490. The van der Waals surface area contributed by atoms with Crippen LogP contribution in [0.5, 0.6) is 0 Å². The third kappa shape index (κ3) is 3.05. The van der Waals surface area contributed by atoms with Crippen LogP contribution in [0.1, 0.15) is 5.56 Å². The van der Waals surface area contributed by atoms with Crippen LogP contribution in [0.25, 0.3) is 11.0 Å². The molecular weight excluding hydrogens is 372 g/mol. The van der Waals surface area contributed by atoms with E-state index < -0.39 is 0 Å². The summed E-state index contributed by atoms with van der Waals surface area (Å²) in [6, 6.07) is 7.10. The first-order valence-corrected chi connectivity index (χ1v) is 8.08. The molecule has 0 atom stereocenters. The van der Waals surface area contributed by atoms with Crippen molar-refractivity contribution in [2.45, 2.75) is 6.54 Å². The first-order valence-electron chi connectivity index (χ1n) is 5.84. The number of fused-ring (bicyclic) bond motifs is 1. The zero-order valence-electron chi connectivity index (χ0n) is 10.3. The summed E-state index contributed by atoms with van der Waals surface area (Å²) in [5, 5.41) is 5.27. The number of nitrogens with one attached hydrogen (secondary N) is 1. The molecule has 0 aliphatic carbocycles. The van der Waals surface area contributed by atoms with Gasteiger partial charge in [-0.3, -0.25) is 0 Å². The molecule has 0 saturated carbocycles. The summed E-state index contributed by atoms with van der Waals surface area (Å²) in [5.41, 5.74) is 2.99. The van der Waals surface area contributed by atoms with Crippen molar-refractivity contribution in [2.24, 2.45) is 0 Å². The van der Waals surface area contributed by atoms with E-state index in [0.717, 1.165) is 17.3 Å². The van der Waals surface area contributed by atoms with Crippen LogP contribution >= 0.6 is 58.1 Å². The lowest BCUT2D eigenvalue weighted by atomic mass is 10.2. The summed E-state index contributed by atoms with van der Waals surface area (Å²) in [6.07, 6.45) is 0. The largest absolute Gasteiger partial charge is 0.378 e. The minimum atomic E-state index is 0.490. The smallest absolute Gasteiger partial charge is 0.130 e. The number of benzene rings is 2. The number of hydrogen-bond donors (Lipinski definition) is 1. The van der Waals surface area contributed by atoms with Crippen LogP contribution in [-0.2, 0) is 6.54 Å². The monoisotopic (exact) mass is 377 g/mol. The lowest BCUT2D eigenvalue weighted by Gasteiger charge is -2.10. The normalized spacial score (nSPS) is 11.0. The van der Waals surface area contributed by atoms with Gasteiger partial charge in [-0.1, -0.05) is 52.5 Å². The SMILES string of the molecule is Clc1ccc(CNc2c(Cl)cc(Cl)c3nsnc23)cc1Cl. The third-order valence-corrected chi connectivity index (χ3v) is 4.75. The van der Waals surface area contributed by atoms with Gasteiger partial charge in [-0.15, -0.1) is 0 Å². The summed E-state index contributed by atoms with van der Waals surface area (Å²) in [6.45, 7) is 0.533. The number of hydrogen-bond acceptors (Lipinski definition) is 4. The van der Waals surface area contributed by atoms with Crippen LogP contribution in [0.4, 0.5) is 5.69 Å². The molecule has 0 saturated heterocycles. The average molecular weight is 379 g/mol. The molecule has 108 valence electrons. The summed E-state index contributed by atoms with van der Waals surface area (Å²) in [5.74, 6) is 0. The number of rotatable bonds is 3. The quantitative estimate of drug-likeness (QED) is 0.614. The Morgan fingerprint density at radius 2 is 1.62 bits per heavy atom. The fraction of sp³-hybridized carbons (Fsp3) is 0.0769. The first-order chi connectivity index (χ1) is 10.1. The number of nitrogens with zero attached hydrogens (tertiary/aromatic N) is 2. The molecule has 1 aromatic heterocycles. The van der Waals surface area contributed by atoms with E-state index >= 15 is 0 Å². The lowest BCUT2D eigenvalue weighted by molar-refractivity contribution is 1.15.